The lowest BCUT2D eigenvalue weighted by Crippen LogP contribution is -2.37. The molecule has 0 spiro atoms. The predicted molar refractivity (Wildman–Crippen MR) is 116 cm³/mol. The molecule has 0 radical (unpaired) electrons. The minimum atomic E-state index is -3.61. The van der Waals surface area contributed by atoms with Crippen molar-refractivity contribution < 1.29 is 17.9 Å². The molecule has 2 N–H and O–H groups in total. The number of nitrogens with zero attached hydrogens (tertiary/aromatic N) is 3. The van der Waals surface area contributed by atoms with E-state index in [-0.39, 0.29) is 11.4 Å². The van der Waals surface area contributed by atoms with Crippen LogP contribution in [0.3, 0.4) is 0 Å². The normalized spacial score (nSPS) is 14.6. The Morgan fingerprint density at radius 2 is 1.90 bits per heavy atom. The Morgan fingerprint density at radius 1 is 1.13 bits per heavy atom. The number of rotatable bonds is 9. The molecule has 0 aliphatic carbocycles. The highest BCUT2D eigenvalue weighted by atomic mass is 32.2. The average molecular weight is 436 g/mol. The van der Waals surface area contributed by atoms with Crippen molar-refractivity contribution in [1.29, 1.82) is 0 Å². The highest BCUT2D eigenvalue weighted by molar-refractivity contribution is 7.89. The van der Waals surface area contributed by atoms with Crippen LogP contribution in [0.15, 0.2) is 29.2 Å². The Labute approximate surface area is 177 Å². The fraction of sp³-hybridized carbons (Fsp3) is 0.500. The highest BCUT2D eigenvalue weighted by Crippen LogP contribution is 2.21. The summed E-state index contributed by atoms with van der Waals surface area (Å²) in [5, 5.41) is 3.10. The number of nitrogens with one attached hydrogen (secondary N) is 2. The molecule has 10 heteroatoms. The van der Waals surface area contributed by atoms with Gasteiger partial charge in [0.15, 0.2) is 0 Å². The standard InChI is InChI=1S/C20H29N5O4S/c1-4-29-18-6-5-17(13-15(18)2)30(26,27)22-8-7-21-20-23-16(3)14-19(24-20)25-9-11-28-12-10-25/h5-6,13-14,22H,4,7-12H2,1-3H3,(H,21,23,24). The quantitative estimate of drug-likeness (QED) is 0.574. The minimum absolute atomic E-state index is 0.207. The molecule has 1 saturated heterocycles. The van der Waals surface area contributed by atoms with Crippen LogP contribution in [-0.4, -0.2) is 64.4 Å². The number of morpholine rings is 1. The molecule has 9 nitrogen and oxygen atoms in total. The summed E-state index contributed by atoms with van der Waals surface area (Å²) in [5.74, 6) is 2.01. The van der Waals surface area contributed by atoms with E-state index in [1.54, 1.807) is 18.2 Å². The van der Waals surface area contributed by atoms with Crippen molar-refractivity contribution in [2.24, 2.45) is 0 Å². The smallest absolute Gasteiger partial charge is 0.240 e. The van der Waals surface area contributed by atoms with Gasteiger partial charge in [0.2, 0.25) is 16.0 Å². The van der Waals surface area contributed by atoms with Gasteiger partial charge in [0.1, 0.15) is 11.6 Å². The molecule has 2 heterocycles. The molecule has 0 atom stereocenters. The number of sulfonamides is 1. The topological polar surface area (TPSA) is 106 Å². The molecular weight excluding hydrogens is 406 g/mol. The van der Waals surface area contributed by atoms with Gasteiger partial charge < -0.3 is 19.7 Å². The third-order valence-electron chi connectivity index (χ3n) is 4.63. The molecule has 0 saturated carbocycles. The SMILES string of the molecule is CCOc1ccc(S(=O)(=O)NCCNc2nc(C)cc(N3CCOCC3)n2)cc1C. The van der Waals surface area contributed by atoms with Crippen molar-refractivity contribution in [3.05, 3.63) is 35.5 Å². The van der Waals surface area contributed by atoms with Gasteiger partial charge in [-0.15, -0.1) is 0 Å². The van der Waals surface area contributed by atoms with Gasteiger partial charge >= 0.3 is 0 Å². The predicted octanol–water partition coefficient (Wildman–Crippen LogP) is 1.72. The van der Waals surface area contributed by atoms with E-state index in [0.717, 1.165) is 30.2 Å². The summed E-state index contributed by atoms with van der Waals surface area (Å²) in [4.78, 5) is 11.3. The van der Waals surface area contributed by atoms with E-state index in [2.05, 4.69) is 24.9 Å². The monoisotopic (exact) mass is 435 g/mol. The molecule has 2 aromatic rings. The third kappa shape index (κ3) is 5.80. The molecule has 164 valence electrons. The van der Waals surface area contributed by atoms with Crippen LogP contribution in [0, 0.1) is 13.8 Å². The minimum Gasteiger partial charge on any atom is -0.494 e. The molecule has 1 aromatic carbocycles. The lowest BCUT2D eigenvalue weighted by atomic mass is 10.2. The Kier molecular flexibility index (Phi) is 7.46. The highest BCUT2D eigenvalue weighted by Gasteiger charge is 2.16. The molecular formula is C20H29N5O4S. The average Bonchev–Trinajstić information content (AvgIpc) is 2.73. The maximum atomic E-state index is 12.6. The maximum absolute atomic E-state index is 12.6. The van der Waals surface area contributed by atoms with Crippen LogP contribution < -0.4 is 19.7 Å². The van der Waals surface area contributed by atoms with E-state index in [9.17, 15) is 8.42 Å². The van der Waals surface area contributed by atoms with Gasteiger partial charge in [-0.2, -0.15) is 4.98 Å². The third-order valence-corrected chi connectivity index (χ3v) is 6.09. The van der Waals surface area contributed by atoms with Gasteiger partial charge in [-0.25, -0.2) is 18.1 Å². The number of aryl methyl sites for hydroxylation is 2. The largest absolute Gasteiger partial charge is 0.494 e. The fourth-order valence-electron chi connectivity index (χ4n) is 3.13. The van der Waals surface area contributed by atoms with Crippen molar-refractivity contribution in [3.63, 3.8) is 0 Å². The molecule has 0 bridgehead atoms. The summed E-state index contributed by atoms with van der Waals surface area (Å²) in [7, 11) is -3.61. The molecule has 30 heavy (non-hydrogen) atoms. The van der Waals surface area contributed by atoms with Crippen LogP contribution in [0.25, 0.3) is 0 Å². The second-order valence-corrected chi connectivity index (χ2v) is 8.74. The number of ether oxygens (including phenoxy) is 2. The Balaban J connectivity index is 1.56. The van der Waals surface area contributed by atoms with E-state index in [0.29, 0.717) is 38.1 Å². The summed E-state index contributed by atoms with van der Waals surface area (Å²) < 4.78 is 38.6. The Hall–Kier alpha value is -2.43. The van der Waals surface area contributed by atoms with Crippen LogP contribution in [-0.2, 0) is 14.8 Å². The zero-order chi connectivity index (χ0) is 21.6. The van der Waals surface area contributed by atoms with Crippen molar-refractivity contribution in [3.8, 4) is 5.75 Å². The summed E-state index contributed by atoms with van der Waals surface area (Å²) in [5.41, 5.74) is 1.63. The molecule has 0 amide bonds. The number of aromatic nitrogens is 2. The van der Waals surface area contributed by atoms with Crippen molar-refractivity contribution in [1.82, 2.24) is 14.7 Å². The second kappa shape index (κ2) is 10.1. The second-order valence-electron chi connectivity index (χ2n) is 6.98. The first kappa shape index (κ1) is 22.3. The summed E-state index contributed by atoms with van der Waals surface area (Å²) in [6, 6.07) is 6.78. The van der Waals surface area contributed by atoms with Gasteiger partial charge in [0.25, 0.3) is 0 Å². The van der Waals surface area contributed by atoms with Crippen LogP contribution in [0.1, 0.15) is 18.2 Å². The van der Waals surface area contributed by atoms with E-state index in [4.69, 9.17) is 9.47 Å². The first-order valence-corrected chi connectivity index (χ1v) is 11.5. The van der Waals surface area contributed by atoms with Crippen LogP contribution >= 0.6 is 0 Å². The maximum Gasteiger partial charge on any atom is 0.240 e. The Morgan fingerprint density at radius 3 is 2.60 bits per heavy atom. The van der Waals surface area contributed by atoms with E-state index in [1.807, 2.05) is 26.8 Å². The van der Waals surface area contributed by atoms with Gasteiger partial charge in [-0.05, 0) is 44.5 Å². The molecule has 0 unspecified atom stereocenters. The molecule has 1 aliphatic heterocycles. The van der Waals surface area contributed by atoms with Crippen molar-refractivity contribution in [2.45, 2.75) is 25.7 Å². The molecule has 1 fully saturated rings. The van der Waals surface area contributed by atoms with Crippen molar-refractivity contribution >= 4 is 21.8 Å². The fourth-order valence-corrected chi connectivity index (χ4v) is 4.25. The summed E-state index contributed by atoms with van der Waals surface area (Å²) in [6.07, 6.45) is 0. The van der Waals surface area contributed by atoms with Gasteiger partial charge in [-0.1, -0.05) is 0 Å². The molecule has 1 aromatic heterocycles. The van der Waals surface area contributed by atoms with Gasteiger partial charge in [-0.3, -0.25) is 0 Å². The zero-order valence-corrected chi connectivity index (χ0v) is 18.5. The Bertz CT molecular complexity index is 962. The van der Waals surface area contributed by atoms with Gasteiger partial charge in [0, 0.05) is 37.9 Å². The lowest BCUT2D eigenvalue weighted by Gasteiger charge is -2.28. The first-order chi connectivity index (χ1) is 14.4. The number of benzene rings is 1. The zero-order valence-electron chi connectivity index (χ0n) is 17.6. The van der Waals surface area contributed by atoms with E-state index in [1.165, 1.54) is 0 Å². The number of hydrogen-bond donors (Lipinski definition) is 2. The summed E-state index contributed by atoms with van der Waals surface area (Å²) in [6.45, 7) is 9.66. The van der Waals surface area contributed by atoms with Crippen molar-refractivity contribution in [2.75, 3.05) is 56.2 Å². The van der Waals surface area contributed by atoms with E-state index < -0.39 is 10.0 Å². The van der Waals surface area contributed by atoms with Gasteiger partial charge in [0.05, 0.1) is 24.7 Å². The number of anilines is 2. The summed E-state index contributed by atoms with van der Waals surface area (Å²) >= 11 is 0. The van der Waals surface area contributed by atoms with Crippen LogP contribution in [0.4, 0.5) is 11.8 Å². The molecule has 3 rings (SSSR count). The van der Waals surface area contributed by atoms with Crippen LogP contribution in [0.5, 0.6) is 5.75 Å². The van der Waals surface area contributed by atoms with E-state index >= 15 is 0 Å². The lowest BCUT2D eigenvalue weighted by molar-refractivity contribution is 0.122. The first-order valence-electron chi connectivity index (χ1n) is 10.0. The van der Waals surface area contributed by atoms with Crippen LogP contribution in [0.2, 0.25) is 0 Å². The molecule has 1 aliphatic rings. The number of hydrogen-bond acceptors (Lipinski definition) is 8.